The summed E-state index contributed by atoms with van der Waals surface area (Å²) in [5, 5.41) is 6.08. The van der Waals surface area contributed by atoms with Gasteiger partial charge in [0.1, 0.15) is 0 Å². The Bertz CT molecular complexity index is 2550. The molecule has 236 valence electrons. The molecule has 9 aromatic rings. The zero-order valence-corrected chi connectivity index (χ0v) is 27.5. The molecule has 50 heavy (non-hydrogen) atoms. The van der Waals surface area contributed by atoms with E-state index in [9.17, 15) is 0 Å². The molecule has 0 saturated carbocycles. The first-order chi connectivity index (χ1) is 24.8. The van der Waals surface area contributed by atoms with Gasteiger partial charge in [-0.05, 0) is 105 Å². The Balaban J connectivity index is 0.988. The van der Waals surface area contributed by atoms with Crippen molar-refractivity contribution in [3.8, 4) is 50.2 Å². The highest BCUT2D eigenvalue weighted by atomic mass is 15.0. The number of nitrogens with zero attached hydrogens (tertiary/aromatic N) is 1. The van der Waals surface area contributed by atoms with Crippen molar-refractivity contribution in [1.29, 1.82) is 0 Å². The van der Waals surface area contributed by atoms with Crippen molar-refractivity contribution in [1.82, 2.24) is 4.57 Å². The van der Waals surface area contributed by atoms with Gasteiger partial charge in [0.15, 0.2) is 0 Å². The lowest BCUT2D eigenvalue weighted by molar-refractivity contribution is 1.18. The quantitative estimate of drug-likeness (QED) is 0.184. The Kier molecular flexibility index (Phi) is 7.53. The van der Waals surface area contributed by atoms with Crippen LogP contribution in [0.25, 0.3) is 72.0 Å². The van der Waals surface area contributed by atoms with Crippen molar-refractivity contribution in [3.05, 3.63) is 200 Å². The molecule has 0 spiro atoms. The molecule has 0 atom stereocenters. The van der Waals surface area contributed by atoms with Gasteiger partial charge >= 0.3 is 0 Å². The normalized spacial score (nSPS) is 11.2. The molecule has 8 aromatic carbocycles. The Morgan fingerprint density at radius 1 is 0.280 bits per heavy atom. The summed E-state index contributed by atoms with van der Waals surface area (Å²) >= 11 is 0. The van der Waals surface area contributed by atoms with Crippen LogP contribution < -0.4 is 5.32 Å². The number of hydrogen-bond donors (Lipinski definition) is 1. The van der Waals surface area contributed by atoms with Crippen molar-refractivity contribution in [2.24, 2.45) is 0 Å². The van der Waals surface area contributed by atoms with Crippen LogP contribution in [0.5, 0.6) is 0 Å². The summed E-state index contributed by atoms with van der Waals surface area (Å²) in [5.74, 6) is 0. The Labute approximate surface area is 292 Å². The first-order valence-electron chi connectivity index (χ1n) is 17.1. The standard InChI is InChI=1S/C48H34N2/c1-4-10-34(11-5-1)36-16-18-37(19-17-36)38-20-26-42(27-21-38)49-43-28-22-39(23-29-43)41-25-31-48-46(33-41)45-32-40(35-12-6-2-7-13-35)24-30-47(45)50(48)44-14-8-3-9-15-44/h1-33,49H. The highest BCUT2D eigenvalue weighted by Crippen LogP contribution is 2.37. The van der Waals surface area contributed by atoms with Crippen molar-refractivity contribution in [3.63, 3.8) is 0 Å². The number of benzene rings is 8. The van der Waals surface area contributed by atoms with E-state index in [1.165, 1.54) is 66.3 Å². The molecule has 1 aromatic heterocycles. The summed E-state index contributed by atoms with van der Waals surface area (Å²) in [6, 6.07) is 71.6. The molecule has 0 aliphatic carbocycles. The third-order valence-electron chi connectivity index (χ3n) is 9.60. The second-order valence-electron chi connectivity index (χ2n) is 12.7. The predicted octanol–water partition coefficient (Wildman–Crippen LogP) is 13.2. The number of aromatic nitrogens is 1. The molecule has 0 bridgehead atoms. The van der Waals surface area contributed by atoms with E-state index in [-0.39, 0.29) is 0 Å². The van der Waals surface area contributed by atoms with Gasteiger partial charge < -0.3 is 9.88 Å². The average Bonchev–Trinajstić information content (AvgIpc) is 3.52. The number of anilines is 2. The van der Waals surface area contributed by atoms with Gasteiger partial charge in [0.05, 0.1) is 11.0 Å². The van der Waals surface area contributed by atoms with Crippen molar-refractivity contribution in [2.75, 3.05) is 5.32 Å². The molecule has 0 saturated heterocycles. The van der Waals surface area contributed by atoms with Gasteiger partial charge in [-0.3, -0.25) is 0 Å². The number of para-hydroxylation sites is 1. The van der Waals surface area contributed by atoms with Gasteiger partial charge in [0.25, 0.3) is 0 Å². The summed E-state index contributed by atoms with van der Waals surface area (Å²) in [6.07, 6.45) is 0. The van der Waals surface area contributed by atoms with E-state index < -0.39 is 0 Å². The maximum Gasteiger partial charge on any atom is 0.0541 e. The third-order valence-corrected chi connectivity index (χ3v) is 9.60. The van der Waals surface area contributed by atoms with Crippen LogP contribution in [-0.4, -0.2) is 4.57 Å². The minimum absolute atomic E-state index is 1.06. The Morgan fingerprint density at radius 3 is 1.04 bits per heavy atom. The maximum atomic E-state index is 3.59. The van der Waals surface area contributed by atoms with Gasteiger partial charge in [0.2, 0.25) is 0 Å². The van der Waals surface area contributed by atoms with Crippen molar-refractivity contribution < 1.29 is 0 Å². The fraction of sp³-hybridized carbons (Fsp3) is 0. The van der Waals surface area contributed by atoms with E-state index in [4.69, 9.17) is 0 Å². The van der Waals surface area contributed by atoms with E-state index in [1.807, 2.05) is 0 Å². The van der Waals surface area contributed by atoms with Crippen LogP contribution in [0.1, 0.15) is 0 Å². The zero-order valence-electron chi connectivity index (χ0n) is 27.5. The molecule has 0 aliphatic heterocycles. The van der Waals surface area contributed by atoms with Crippen LogP contribution in [0.3, 0.4) is 0 Å². The number of rotatable bonds is 7. The third kappa shape index (κ3) is 5.63. The van der Waals surface area contributed by atoms with Gasteiger partial charge in [-0.25, -0.2) is 0 Å². The molecule has 0 aliphatic rings. The lowest BCUT2D eigenvalue weighted by Gasteiger charge is -2.10. The number of fused-ring (bicyclic) bond motifs is 3. The van der Waals surface area contributed by atoms with Crippen LogP contribution in [0.2, 0.25) is 0 Å². The SMILES string of the molecule is c1ccc(-c2ccc(-c3ccc(Nc4ccc(-c5ccc6c(c5)c5cc(-c7ccccc7)ccc5n6-c5ccccc5)cc4)cc3)cc2)cc1. The van der Waals surface area contributed by atoms with Crippen LogP contribution in [0.15, 0.2) is 200 Å². The summed E-state index contributed by atoms with van der Waals surface area (Å²) in [7, 11) is 0. The van der Waals surface area contributed by atoms with Crippen LogP contribution in [0, 0.1) is 0 Å². The molecule has 0 radical (unpaired) electrons. The van der Waals surface area contributed by atoms with Crippen LogP contribution in [-0.2, 0) is 0 Å². The Hall–Kier alpha value is -6.64. The second kappa shape index (κ2) is 12.8. The van der Waals surface area contributed by atoms with E-state index in [2.05, 4.69) is 210 Å². The summed E-state index contributed by atoms with van der Waals surface area (Å²) in [4.78, 5) is 0. The van der Waals surface area contributed by atoms with E-state index in [1.54, 1.807) is 0 Å². The number of hydrogen-bond acceptors (Lipinski definition) is 1. The fourth-order valence-corrected chi connectivity index (χ4v) is 7.01. The van der Waals surface area contributed by atoms with Gasteiger partial charge in [0, 0.05) is 27.8 Å². The zero-order chi connectivity index (χ0) is 33.3. The van der Waals surface area contributed by atoms with Gasteiger partial charge in [-0.15, -0.1) is 0 Å². The molecule has 1 heterocycles. The van der Waals surface area contributed by atoms with Crippen LogP contribution >= 0.6 is 0 Å². The van der Waals surface area contributed by atoms with E-state index >= 15 is 0 Å². The number of nitrogens with one attached hydrogen (secondary N) is 1. The smallest absolute Gasteiger partial charge is 0.0541 e. The van der Waals surface area contributed by atoms with E-state index in [0.29, 0.717) is 0 Å². The molecule has 0 fully saturated rings. The van der Waals surface area contributed by atoms with Crippen molar-refractivity contribution in [2.45, 2.75) is 0 Å². The van der Waals surface area contributed by atoms with E-state index in [0.717, 1.165) is 17.1 Å². The van der Waals surface area contributed by atoms with Crippen molar-refractivity contribution >= 4 is 33.2 Å². The topological polar surface area (TPSA) is 17.0 Å². The average molecular weight is 639 g/mol. The Morgan fingerprint density at radius 2 is 0.600 bits per heavy atom. The fourth-order valence-electron chi connectivity index (χ4n) is 7.01. The van der Waals surface area contributed by atoms with Gasteiger partial charge in [-0.2, -0.15) is 0 Å². The maximum absolute atomic E-state index is 3.59. The highest BCUT2D eigenvalue weighted by Gasteiger charge is 2.14. The largest absolute Gasteiger partial charge is 0.356 e. The van der Waals surface area contributed by atoms with Gasteiger partial charge in [-0.1, -0.05) is 140 Å². The predicted molar refractivity (Wildman–Crippen MR) is 212 cm³/mol. The lowest BCUT2D eigenvalue weighted by Crippen LogP contribution is -1.93. The minimum Gasteiger partial charge on any atom is -0.356 e. The van der Waals surface area contributed by atoms with Crippen LogP contribution in [0.4, 0.5) is 11.4 Å². The summed E-state index contributed by atoms with van der Waals surface area (Å²) in [5.41, 5.74) is 15.4. The summed E-state index contributed by atoms with van der Waals surface area (Å²) < 4.78 is 2.38. The molecule has 0 amide bonds. The molecular formula is C48H34N2. The molecule has 2 nitrogen and oxygen atoms in total. The minimum atomic E-state index is 1.06. The first kappa shape index (κ1) is 29.5. The molecule has 0 unspecified atom stereocenters. The highest BCUT2D eigenvalue weighted by molar-refractivity contribution is 6.11. The molecular weight excluding hydrogens is 605 g/mol. The monoisotopic (exact) mass is 638 g/mol. The molecule has 2 heteroatoms. The summed E-state index contributed by atoms with van der Waals surface area (Å²) in [6.45, 7) is 0. The first-order valence-corrected chi connectivity index (χ1v) is 17.1. The molecule has 1 N–H and O–H groups in total. The molecule has 9 rings (SSSR count). The second-order valence-corrected chi connectivity index (χ2v) is 12.7. The lowest BCUT2D eigenvalue weighted by atomic mass is 10.00.